The lowest BCUT2D eigenvalue weighted by Gasteiger charge is -2.31. The maximum atomic E-state index is 13.7. The summed E-state index contributed by atoms with van der Waals surface area (Å²) in [5.74, 6) is -2.00. The molecular weight excluding hydrogens is 859 g/mol. The summed E-state index contributed by atoms with van der Waals surface area (Å²) in [6, 6.07) is 11.6. The molecule has 1 atom stereocenters. The van der Waals surface area contributed by atoms with Gasteiger partial charge in [0.2, 0.25) is 23.6 Å². The fourth-order valence-electron chi connectivity index (χ4n) is 7.37. The van der Waals surface area contributed by atoms with E-state index in [1.807, 2.05) is 0 Å². The predicted octanol–water partition coefficient (Wildman–Crippen LogP) is 4.48. The Bertz CT molecular complexity index is 2450. The topological polar surface area (TPSA) is 210 Å². The highest BCUT2D eigenvalue weighted by molar-refractivity contribution is 7.99. The molecule has 20 heteroatoms. The van der Waals surface area contributed by atoms with Crippen LogP contribution in [0, 0.1) is 5.82 Å². The number of methoxy groups -OCH3 is 1. The number of aromatic nitrogens is 2. The summed E-state index contributed by atoms with van der Waals surface area (Å²) in [6.07, 6.45) is 6.23. The number of rotatable bonds is 18. The molecule has 3 aliphatic heterocycles. The fourth-order valence-corrected chi connectivity index (χ4v) is 8.49. The van der Waals surface area contributed by atoms with Crippen molar-refractivity contribution >= 4 is 86.9 Å². The molecule has 2 fully saturated rings. The van der Waals surface area contributed by atoms with Crippen LogP contribution in [0.15, 0.2) is 71.9 Å². The van der Waals surface area contributed by atoms with Gasteiger partial charge < -0.3 is 30.2 Å². The van der Waals surface area contributed by atoms with Gasteiger partial charge >= 0.3 is 0 Å². The molecule has 63 heavy (non-hydrogen) atoms. The molecule has 0 spiro atoms. The molecule has 330 valence electrons. The Hall–Kier alpha value is -5.99. The Labute approximate surface area is 370 Å². The van der Waals surface area contributed by atoms with E-state index in [1.54, 1.807) is 36.4 Å². The monoisotopic (exact) mass is 902 g/mol. The van der Waals surface area contributed by atoms with Crippen molar-refractivity contribution in [2.45, 2.75) is 42.7 Å². The normalized spacial score (nSPS) is 17.0. The van der Waals surface area contributed by atoms with Crippen molar-refractivity contribution in [3.05, 3.63) is 89.0 Å². The first kappa shape index (κ1) is 45.0. The minimum absolute atomic E-state index is 0.000568. The highest BCUT2D eigenvalue weighted by Crippen LogP contribution is 2.35. The fraction of sp³-hybridized carbons (Fsp3) is 0.349. The van der Waals surface area contributed by atoms with E-state index in [0.29, 0.717) is 57.6 Å². The predicted molar refractivity (Wildman–Crippen MR) is 232 cm³/mol. The Kier molecular flexibility index (Phi) is 15.0. The number of hydrogen-bond donors (Lipinski definition) is 4. The van der Waals surface area contributed by atoms with Gasteiger partial charge in [0.1, 0.15) is 36.4 Å². The molecule has 3 aliphatic rings. The SMILES string of the molecule is COc1cc2ncnc(Nc3ccc(F)c(Cl)c3)c2cc1NC(=O)/C=C/CN1CCC(NC(=O)COCCOCCSc2cccc3c2C(=O)N(C2CCC(=O)NC2=O)C3=O)CC1. The second kappa shape index (κ2) is 20.9. The molecule has 6 amide bonds. The van der Waals surface area contributed by atoms with Crippen molar-refractivity contribution < 1.29 is 47.4 Å². The summed E-state index contributed by atoms with van der Waals surface area (Å²) in [6.45, 7) is 2.68. The molecule has 1 aromatic heterocycles. The minimum atomic E-state index is -1.03. The number of hydrogen-bond acceptors (Lipinski definition) is 14. The number of imide groups is 2. The number of ether oxygens (including phenoxy) is 3. The van der Waals surface area contributed by atoms with Gasteiger partial charge in [0, 0.05) is 66.0 Å². The number of fused-ring (bicyclic) bond motifs is 2. The van der Waals surface area contributed by atoms with Gasteiger partial charge in [-0.2, -0.15) is 0 Å². The molecule has 4 N–H and O–H groups in total. The van der Waals surface area contributed by atoms with Crippen LogP contribution in [0.1, 0.15) is 46.4 Å². The first-order valence-corrected chi connectivity index (χ1v) is 21.5. The standard InChI is InChI=1S/C43H44ClFN8O9S/c1-60-34-22-31-28(40(47-24-46-31)49-26-7-8-30(45)29(44)20-26)21-32(34)50-36(54)6-3-13-52-14-11-25(12-15-52)48-38(56)23-62-17-16-61-18-19-63-35-5-2-4-27-39(35)43(59)53(42(27)58)33-9-10-37(55)51-41(33)57/h2-8,20-22,24-25,33H,9-19,23H2,1H3,(H,48,56)(H,50,54)(H,46,47,49)(H,51,55,57)/b6-3+. The van der Waals surface area contributed by atoms with Gasteiger partial charge in [-0.15, -0.1) is 11.8 Å². The zero-order chi connectivity index (χ0) is 44.5. The number of halogens is 2. The van der Waals surface area contributed by atoms with E-state index in [0.717, 1.165) is 30.8 Å². The minimum Gasteiger partial charge on any atom is -0.494 e. The molecule has 0 aliphatic carbocycles. The molecule has 4 heterocycles. The summed E-state index contributed by atoms with van der Waals surface area (Å²) >= 11 is 7.30. The Balaban J connectivity index is 0.769. The molecule has 2 saturated heterocycles. The average Bonchev–Trinajstić information content (AvgIpc) is 3.52. The van der Waals surface area contributed by atoms with E-state index in [9.17, 15) is 33.2 Å². The summed E-state index contributed by atoms with van der Waals surface area (Å²) < 4.78 is 30.4. The van der Waals surface area contributed by atoms with Crippen LogP contribution in [0.3, 0.4) is 0 Å². The van der Waals surface area contributed by atoms with Gasteiger partial charge in [-0.1, -0.05) is 23.7 Å². The van der Waals surface area contributed by atoms with Gasteiger partial charge in [0.15, 0.2) is 0 Å². The van der Waals surface area contributed by atoms with Crippen LogP contribution in [-0.4, -0.2) is 126 Å². The maximum absolute atomic E-state index is 13.7. The molecule has 17 nitrogen and oxygen atoms in total. The first-order valence-electron chi connectivity index (χ1n) is 20.2. The van der Waals surface area contributed by atoms with Crippen molar-refractivity contribution in [1.82, 2.24) is 30.4 Å². The first-order chi connectivity index (χ1) is 30.5. The van der Waals surface area contributed by atoms with Crippen LogP contribution in [-0.2, 0) is 28.7 Å². The molecule has 0 radical (unpaired) electrons. The van der Waals surface area contributed by atoms with E-state index >= 15 is 0 Å². The van der Waals surface area contributed by atoms with E-state index in [4.69, 9.17) is 25.8 Å². The van der Waals surface area contributed by atoms with Crippen molar-refractivity contribution in [2.24, 2.45) is 0 Å². The van der Waals surface area contributed by atoms with Crippen LogP contribution >= 0.6 is 23.4 Å². The molecule has 7 rings (SSSR count). The third-order valence-electron chi connectivity index (χ3n) is 10.5. The summed E-state index contributed by atoms with van der Waals surface area (Å²) in [5, 5.41) is 11.7. The molecule has 1 unspecified atom stereocenters. The van der Waals surface area contributed by atoms with Gasteiger partial charge in [0.25, 0.3) is 11.8 Å². The lowest BCUT2D eigenvalue weighted by atomic mass is 10.0. The highest BCUT2D eigenvalue weighted by atomic mass is 35.5. The Morgan fingerprint density at radius 1 is 1.00 bits per heavy atom. The Morgan fingerprint density at radius 3 is 2.59 bits per heavy atom. The van der Waals surface area contributed by atoms with Crippen molar-refractivity contribution in [3.8, 4) is 5.75 Å². The molecule has 0 bridgehead atoms. The second-order valence-electron chi connectivity index (χ2n) is 14.7. The second-order valence-corrected chi connectivity index (χ2v) is 16.3. The number of carbonyl (C=O) groups excluding carboxylic acids is 6. The highest BCUT2D eigenvalue weighted by Gasteiger charge is 2.45. The summed E-state index contributed by atoms with van der Waals surface area (Å²) in [4.78, 5) is 88.1. The number of thioether (sulfide) groups is 1. The van der Waals surface area contributed by atoms with Crippen LogP contribution in [0.25, 0.3) is 10.9 Å². The zero-order valence-electron chi connectivity index (χ0n) is 34.1. The van der Waals surface area contributed by atoms with Crippen LogP contribution in [0.4, 0.5) is 21.6 Å². The summed E-state index contributed by atoms with van der Waals surface area (Å²) in [7, 11) is 1.49. The smallest absolute Gasteiger partial charge is 0.263 e. The number of nitrogens with one attached hydrogen (secondary N) is 4. The van der Waals surface area contributed by atoms with Crippen molar-refractivity contribution in [2.75, 3.05) is 69.6 Å². The maximum Gasteiger partial charge on any atom is 0.263 e. The lowest BCUT2D eigenvalue weighted by molar-refractivity contribution is -0.136. The quantitative estimate of drug-likeness (QED) is 0.0470. The largest absolute Gasteiger partial charge is 0.494 e. The number of anilines is 3. The number of amides is 6. The van der Waals surface area contributed by atoms with Gasteiger partial charge in [-0.25, -0.2) is 14.4 Å². The van der Waals surface area contributed by atoms with Crippen LogP contribution in [0.5, 0.6) is 5.75 Å². The van der Waals surface area contributed by atoms with Gasteiger partial charge in [0.05, 0.1) is 54.3 Å². The van der Waals surface area contributed by atoms with Crippen molar-refractivity contribution in [1.29, 1.82) is 0 Å². The lowest BCUT2D eigenvalue weighted by Crippen LogP contribution is -2.54. The van der Waals surface area contributed by atoms with Crippen LogP contribution < -0.4 is 26.0 Å². The van der Waals surface area contributed by atoms with E-state index in [2.05, 4.69) is 36.1 Å². The van der Waals surface area contributed by atoms with E-state index < -0.39 is 35.5 Å². The van der Waals surface area contributed by atoms with Crippen molar-refractivity contribution in [3.63, 3.8) is 0 Å². The van der Waals surface area contributed by atoms with Gasteiger partial charge in [-0.3, -0.25) is 43.9 Å². The number of carbonyl (C=O) groups is 6. The third kappa shape index (κ3) is 11.2. The average molecular weight is 903 g/mol. The number of piperidine rings is 2. The summed E-state index contributed by atoms with van der Waals surface area (Å²) in [5.41, 5.74) is 1.96. The number of likely N-dealkylation sites (tertiary alicyclic amines) is 1. The van der Waals surface area contributed by atoms with Crippen LogP contribution in [0.2, 0.25) is 5.02 Å². The van der Waals surface area contributed by atoms with E-state index in [1.165, 1.54) is 49.5 Å². The molecule has 4 aromatic rings. The zero-order valence-corrected chi connectivity index (χ0v) is 35.7. The number of benzene rings is 3. The molecule has 0 saturated carbocycles. The molecule has 3 aromatic carbocycles. The number of nitrogens with zero attached hydrogens (tertiary/aromatic N) is 4. The van der Waals surface area contributed by atoms with Gasteiger partial charge in [-0.05, 0) is 55.7 Å². The molecular formula is C43H44ClFN8O9S. The third-order valence-corrected chi connectivity index (χ3v) is 11.8. The van der Waals surface area contributed by atoms with E-state index in [-0.39, 0.29) is 66.7 Å². The Morgan fingerprint density at radius 2 is 1.81 bits per heavy atom.